The van der Waals surface area contributed by atoms with E-state index in [1.54, 1.807) is 4.90 Å². The molecule has 0 radical (unpaired) electrons. The van der Waals surface area contributed by atoms with Gasteiger partial charge < -0.3 is 9.64 Å². The first-order valence-electron chi connectivity index (χ1n) is 8.16. The molecule has 1 aliphatic heterocycles. The number of piperidine rings is 1. The SMILES string of the molecule is O=C(c1ccc([N+](=O)[O-])s1)N1CCC(Oc2nc3ccccc3s2)CC1. The number of nitro groups is 1. The number of aromatic nitrogens is 1. The van der Waals surface area contributed by atoms with Gasteiger partial charge in [-0.3, -0.25) is 14.9 Å². The number of ether oxygens (including phenoxy) is 1. The number of rotatable bonds is 4. The summed E-state index contributed by atoms with van der Waals surface area (Å²) >= 11 is 2.44. The van der Waals surface area contributed by atoms with Crippen LogP contribution in [0.1, 0.15) is 22.5 Å². The smallest absolute Gasteiger partial charge is 0.324 e. The number of hydrogen-bond acceptors (Lipinski definition) is 7. The zero-order chi connectivity index (χ0) is 18.1. The molecule has 0 unspecified atom stereocenters. The van der Waals surface area contributed by atoms with Gasteiger partial charge in [-0.05, 0) is 18.2 Å². The lowest BCUT2D eigenvalue weighted by atomic mass is 10.1. The van der Waals surface area contributed by atoms with Crippen molar-refractivity contribution in [3.8, 4) is 5.19 Å². The number of amides is 1. The quantitative estimate of drug-likeness (QED) is 0.498. The first-order valence-corrected chi connectivity index (χ1v) is 9.79. The van der Waals surface area contributed by atoms with Crippen LogP contribution in [-0.2, 0) is 0 Å². The molecule has 1 amide bonds. The van der Waals surface area contributed by atoms with E-state index >= 15 is 0 Å². The van der Waals surface area contributed by atoms with Crippen molar-refractivity contribution in [3.05, 3.63) is 51.4 Å². The largest absolute Gasteiger partial charge is 0.467 e. The Balaban J connectivity index is 1.35. The molecule has 0 spiro atoms. The molecule has 0 aliphatic carbocycles. The molecule has 0 saturated carbocycles. The topological polar surface area (TPSA) is 85.6 Å². The van der Waals surface area contributed by atoms with E-state index in [9.17, 15) is 14.9 Å². The van der Waals surface area contributed by atoms with Crippen molar-refractivity contribution in [3.63, 3.8) is 0 Å². The third-order valence-electron chi connectivity index (χ3n) is 4.25. The van der Waals surface area contributed by atoms with E-state index in [1.165, 1.54) is 23.5 Å². The molecule has 0 N–H and O–H groups in total. The highest BCUT2D eigenvalue weighted by Crippen LogP contribution is 2.30. The first kappa shape index (κ1) is 16.9. The Morgan fingerprint density at radius 2 is 1.96 bits per heavy atom. The third kappa shape index (κ3) is 3.40. The van der Waals surface area contributed by atoms with Gasteiger partial charge in [0.25, 0.3) is 11.1 Å². The highest BCUT2D eigenvalue weighted by Gasteiger charge is 2.27. The number of carbonyl (C=O) groups is 1. The summed E-state index contributed by atoms with van der Waals surface area (Å²) in [5.74, 6) is -0.151. The highest BCUT2D eigenvalue weighted by atomic mass is 32.1. The van der Waals surface area contributed by atoms with Crippen LogP contribution in [0.25, 0.3) is 10.2 Å². The normalized spacial score (nSPS) is 15.3. The highest BCUT2D eigenvalue weighted by molar-refractivity contribution is 7.20. The summed E-state index contributed by atoms with van der Waals surface area (Å²) in [6, 6.07) is 10.8. The van der Waals surface area contributed by atoms with Crippen molar-refractivity contribution >= 4 is 43.8 Å². The molecule has 4 rings (SSSR count). The lowest BCUT2D eigenvalue weighted by Crippen LogP contribution is -2.41. The lowest BCUT2D eigenvalue weighted by molar-refractivity contribution is -0.380. The van der Waals surface area contributed by atoms with Crippen molar-refractivity contribution < 1.29 is 14.5 Å². The standard InChI is InChI=1S/C17H15N3O4S2/c21-16(14-5-6-15(25-14)20(22)23)19-9-7-11(8-10-19)24-17-18-12-3-1-2-4-13(12)26-17/h1-6,11H,7-10H2. The number of benzene rings is 1. The molecule has 134 valence electrons. The Bertz CT molecular complexity index is 927. The summed E-state index contributed by atoms with van der Waals surface area (Å²) in [5, 5.41) is 11.4. The molecular formula is C17H15N3O4S2. The van der Waals surface area contributed by atoms with Gasteiger partial charge in [0.1, 0.15) is 6.10 Å². The number of fused-ring (bicyclic) bond motifs is 1. The van der Waals surface area contributed by atoms with Crippen LogP contribution in [0, 0.1) is 10.1 Å². The molecule has 9 heteroatoms. The van der Waals surface area contributed by atoms with Crippen LogP contribution in [-0.4, -0.2) is 39.9 Å². The maximum absolute atomic E-state index is 12.5. The minimum atomic E-state index is -0.473. The molecule has 3 aromatic rings. The van der Waals surface area contributed by atoms with Crippen molar-refractivity contribution in [2.75, 3.05) is 13.1 Å². The van der Waals surface area contributed by atoms with E-state index < -0.39 is 4.92 Å². The van der Waals surface area contributed by atoms with Gasteiger partial charge in [-0.15, -0.1) is 0 Å². The molecule has 0 bridgehead atoms. The second-order valence-corrected chi connectivity index (χ2v) is 8.01. The third-order valence-corrected chi connectivity index (χ3v) is 6.21. The molecule has 1 aromatic carbocycles. The molecule has 1 fully saturated rings. The molecular weight excluding hydrogens is 374 g/mol. The van der Waals surface area contributed by atoms with E-state index in [0.29, 0.717) is 23.2 Å². The summed E-state index contributed by atoms with van der Waals surface area (Å²) in [6.45, 7) is 1.14. The van der Waals surface area contributed by atoms with Gasteiger partial charge in [0.15, 0.2) is 0 Å². The van der Waals surface area contributed by atoms with E-state index in [1.807, 2.05) is 24.3 Å². The predicted molar refractivity (Wildman–Crippen MR) is 100 cm³/mol. The Labute approximate surface area is 157 Å². The predicted octanol–water partition coefficient (Wildman–Crippen LogP) is 3.95. The monoisotopic (exact) mass is 389 g/mol. The number of hydrogen-bond donors (Lipinski definition) is 0. The number of thiophene rings is 1. The van der Waals surface area contributed by atoms with Crippen LogP contribution in [0.2, 0.25) is 0 Å². The second-order valence-electron chi connectivity index (χ2n) is 5.95. The van der Waals surface area contributed by atoms with Gasteiger partial charge in [-0.1, -0.05) is 34.8 Å². The number of likely N-dealkylation sites (tertiary alicyclic amines) is 1. The Morgan fingerprint density at radius 1 is 1.19 bits per heavy atom. The first-order chi connectivity index (χ1) is 12.6. The van der Waals surface area contributed by atoms with Crippen LogP contribution in [0.5, 0.6) is 5.19 Å². The van der Waals surface area contributed by atoms with E-state index in [2.05, 4.69) is 4.98 Å². The zero-order valence-corrected chi connectivity index (χ0v) is 15.3. The van der Waals surface area contributed by atoms with Crippen LogP contribution in [0.4, 0.5) is 5.00 Å². The minimum absolute atomic E-state index is 0.0117. The number of thiazole rings is 1. The average Bonchev–Trinajstić information content (AvgIpc) is 3.28. The maximum atomic E-state index is 12.5. The van der Waals surface area contributed by atoms with Crippen LogP contribution >= 0.6 is 22.7 Å². The van der Waals surface area contributed by atoms with Crippen molar-refractivity contribution in [1.29, 1.82) is 0 Å². The van der Waals surface area contributed by atoms with Gasteiger partial charge in [-0.25, -0.2) is 4.98 Å². The van der Waals surface area contributed by atoms with Gasteiger partial charge in [0.05, 0.1) is 20.0 Å². The second kappa shape index (κ2) is 7.00. The molecule has 0 atom stereocenters. The maximum Gasteiger partial charge on any atom is 0.324 e. The van der Waals surface area contributed by atoms with Gasteiger partial charge in [0.2, 0.25) is 0 Å². The molecule has 2 aromatic heterocycles. The molecule has 26 heavy (non-hydrogen) atoms. The van der Waals surface area contributed by atoms with Crippen LogP contribution in [0.3, 0.4) is 0 Å². The van der Waals surface area contributed by atoms with Crippen molar-refractivity contribution in [1.82, 2.24) is 9.88 Å². The van der Waals surface area contributed by atoms with Crippen molar-refractivity contribution in [2.45, 2.75) is 18.9 Å². The fourth-order valence-electron chi connectivity index (χ4n) is 2.92. The minimum Gasteiger partial charge on any atom is -0.467 e. The van der Waals surface area contributed by atoms with Crippen LogP contribution in [0.15, 0.2) is 36.4 Å². The van der Waals surface area contributed by atoms with Crippen molar-refractivity contribution in [2.24, 2.45) is 0 Å². The summed E-state index contributed by atoms with van der Waals surface area (Å²) in [6.07, 6.45) is 1.46. The number of nitrogens with zero attached hydrogens (tertiary/aromatic N) is 3. The molecule has 1 aliphatic rings. The number of carbonyl (C=O) groups excluding carboxylic acids is 1. The summed E-state index contributed by atoms with van der Waals surface area (Å²) in [5.41, 5.74) is 0.930. The summed E-state index contributed by atoms with van der Waals surface area (Å²) in [4.78, 5) is 29.4. The Morgan fingerprint density at radius 3 is 2.65 bits per heavy atom. The molecule has 3 heterocycles. The number of para-hydroxylation sites is 1. The van der Waals surface area contributed by atoms with E-state index in [-0.39, 0.29) is 17.0 Å². The van der Waals surface area contributed by atoms with Gasteiger partial charge in [0, 0.05) is 32.0 Å². The van der Waals surface area contributed by atoms with Gasteiger partial charge in [-0.2, -0.15) is 0 Å². The Kier molecular flexibility index (Phi) is 4.56. The van der Waals surface area contributed by atoms with E-state index in [0.717, 1.165) is 34.4 Å². The zero-order valence-electron chi connectivity index (χ0n) is 13.7. The fourth-order valence-corrected chi connectivity index (χ4v) is 4.59. The van der Waals surface area contributed by atoms with Crippen LogP contribution < -0.4 is 4.74 Å². The summed E-state index contributed by atoms with van der Waals surface area (Å²) < 4.78 is 7.08. The lowest BCUT2D eigenvalue weighted by Gasteiger charge is -2.31. The summed E-state index contributed by atoms with van der Waals surface area (Å²) in [7, 11) is 0. The average molecular weight is 389 g/mol. The van der Waals surface area contributed by atoms with Gasteiger partial charge >= 0.3 is 5.00 Å². The molecule has 7 nitrogen and oxygen atoms in total. The molecule has 1 saturated heterocycles. The fraction of sp³-hybridized carbons (Fsp3) is 0.294. The Hall–Kier alpha value is -2.52. The van der Waals surface area contributed by atoms with E-state index in [4.69, 9.17) is 4.74 Å².